The Hall–Kier alpha value is -2.33. The van der Waals surface area contributed by atoms with E-state index in [9.17, 15) is 0 Å². The van der Waals surface area contributed by atoms with E-state index >= 15 is 0 Å². The second-order valence-electron chi connectivity index (χ2n) is 6.12. The fraction of sp³-hybridized carbons (Fsp3) is 0.381. The van der Waals surface area contributed by atoms with Crippen LogP contribution in [0.3, 0.4) is 0 Å². The topological polar surface area (TPSA) is 34.6 Å². The van der Waals surface area contributed by atoms with Crippen LogP contribution in [0.2, 0.25) is 0 Å². The molecule has 1 unspecified atom stereocenters. The Morgan fingerprint density at radius 3 is 2.84 bits per heavy atom. The van der Waals surface area contributed by atoms with Crippen molar-refractivity contribution in [3.63, 3.8) is 0 Å². The summed E-state index contributed by atoms with van der Waals surface area (Å²) in [7, 11) is 1.69. The van der Waals surface area contributed by atoms with Crippen LogP contribution in [0.5, 0.6) is 11.5 Å². The molecule has 132 valence electrons. The molecule has 1 aromatic carbocycles. The van der Waals surface area contributed by atoms with Crippen molar-refractivity contribution in [2.45, 2.75) is 26.4 Å². The highest BCUT2D eigenvalue weighted by Gasteiger charge is 2.24. The van der Waals surface area contributed by atoms with Crippen molar-refractivity contribution in [1.29, 1.82) is 0 Å². The van der Waals surface area contributed by atoms with Crippen LogP contribution < -0.4 is 9.47 Å². The molecule has 0 spiro atoms. The largest absolute Gasteiger partial charge is 0.497 e. The van der Waals surface area contributed by atoms with Gasteiger partial charge in [-0.2, -0.15) is 0 Å². The van der Waals surface area contributed by atoms with E-state index in [0.29, 0.717) is 6.61 Å². The molecule has 1 aromatic heterocycles. The third-order valence-electron chi connectivity index (χ3n) is 4.76. The van der Waals surface area contributed by atoms with Gasteiger partial charge in [0.1, 0.15) is 18.1 Å². The average Bonchev–Trinajstić information content (AvgIpc) is 2.82. The number of methoxy groups -OCH3 is 1. The van der Waals surface area contributed by atoms with Gasteiger partial charge in [-0.25, -0.2) is 0 Å². The highest BCUT2D eigenvalue weighted by Crippen LogP contribution is 2.39. The second-order valence-corrected chi connectivity index (χ2v) is 6.12. The van der Waals surface area contributed by atoms with E-state index in [1.54, 1.807) is 7.11 Å². The number of nitrogens with zero attached hydrogens (tertiary/aromatic N) is 2. The third-order valence-corrected chi connectivity index (χ3v) is 4.76. The molecule has 25 heavy (non-hydrogen) atoms. The highest BCUT2D eigenvalue weighted by atomic mass is 16.5. The molecule has 0 saturated heterocycles. The first-order chi connectivity index (χ1) is 12.3. The lowest BCUT2D eigenvalue weighted by molar-refractivity contribution is 0.301. The molecular formula is C21H26N2O2. The van der Waals surface area contributed by atoms with Crippen LogP contribution in [0, 0.1) is 0 Å². The van der Waals surface area contributed by atoms with Gasteiger partial charge < -0.3 is 14.4 Å². The predicted molar refractivity (Wildman–Crippen MR) is 100 cm³/mol. The van der Waals surface area contributed by atoms with Gasteiger partial charge in [-0.05, 0) is 42.9 Å². The quantitative estimate of drug-likeness (QED) is 0.745. The van der Waals surface area contributed by atoms with Crippen LogP contribution in [0.1, 0.15) is 36.6 Å². The van der Waals surface area contributed by atoms with Crippen LogP contribution in [-0.4, -0.2) is 36.6 Å². The maximum absolute atomic E-state index is 6.01. The van der Waals surface area contributed by atoms with Crippen LogP contribution in [-0.2, 0) is 6.61 Å². The minimum atomic E-state index is 0.117. The summed E-state index contributed by atoms with van der Waals surface area (Å²) in [5.41, 5.74) is 3.32. The molecule has 4 nitrogen and oxygen atoms in total. The van der Waals surface area contributed by atoms with Crippen LogP contribution in [0.15, 0.2) is 48.7 Å². The molecule has 0 saturated carbocycles. The van der Waals surface area contributed by atoms with Crippen LogP contribution in [0.4, 0.5) is 0 Å². The first kappa shape index (κ1) is 17.5. The number of fused-ring (bicyclic) bond motifs is 2. The number of allylic oxidation sites excluding steroid dienone is 1. The van der Waals surface area contributed by atoms with Crippen molar-refractivity contribution in [3.8, 4) is 11.5 Å². The summed E-state index contributed by atoms with van der Waals surface area (Å²) in [5, 5.41) is 0. The van der Waals surface area contributed by atoms with Gasteiger partial charge in [-0.15, -0.1) is 0 Å². The first-order valence-corrected chi connectivity index (χ1v) is 8.90. The Kier molecular flexibility index (Phi) is 5.71. The molecule has 3 rings (SSSR count). The molecule has 0 bridgehead atoms. The van der Waals surface area contributed by atoms with Crippen molar-refractivity contribution in [2.75, 3.05) is 26.7 Å². The molecule has 0 radical (unpaired) electrons. The van der Waals surface area contributed by atoms with Gasteiger partial charge >= 0.3 is 0 Å². The van der Waals surface area contributed by atoms with Crippen molar-refractivity contribution < 1.29 is 9.47 Å². The Balaban J connectivity index is 2.00. The van der Waals surface area contributed by atoms with E-state index in [1.165, 1.54) is 5.56 Å². The van der Waals surface area contributed by atoms with Gasteiger partial charge in [0.05, 0.1) is 12.8 Å². The fourth-order valence-electron chi connectivity index (χ4n) is 3.23. The Bertz CT molecular complexity index is 738. The number of ether oxygens (including phenoxy) is 2. The van der Waals surface area contributed by atoms with Crippen molar-refractivity contribution in [3.05, 3.63) is 65.5 Å². The van der Waals surface area contributed by atoms with Crippen molar-refractivity contribution >= 4 is 0 Å². The van der Waals surface area contributed by atoms with E-state index in [-0.39, 0.29) is 5.92 Å². The van der Waals surface area contributed by atoms with Gasteiger partial charge in [-0.1, -0.05) is 32.1 Å². The highest BCUT2D eigenvalue weighted by molar-refractivity contribution is 5.51. The van der Waals surface area contributed by atoms with Crippen molar-refractivity contribution in [1.82, 2.24) is 9.88 Å². The summed E-state index contributed by atoms with van der Waals surface area (Å²) in [6.45, 7) is 7.93. The van der Waals surface area contributed by atoms with E-state index < -0.39 is 0 Å². The normalized spacial score (nSPS) is 16.2. The molecule has 1 atom stereocenters. The second kappa shape index (κ2) is 8.17. The zero-order valence-corrected chi connectivity index (χ0v) is 15.2. The van der Waals surface area contributed by atoms with Gasteiger partial charge in [0.2, 0.25) is 0 Å². The molecule has 0 N–H and O–H groups in total. The average molecular weight is 338 g/mol. The smallest absolute Gasteiger partial charge is 0.131 e. The lowest BCUT2D eigenvalue weighted by atomic mass is 9.89. The van der Waals surface area contributed by atoms with Gasteiger partial charge in [0.15, 0.2) is 0 Å². The summed E-state index contributed by atoms with van der Waals surface area (Å²) in [4.78, 5) is 6.92. The maximum Gasteiger partial charge on any atom is 0.131 e. The molecule has 1 aliphatic rings. The molecule has 0 amide bonds. The molecule has 2 aromatic rings. The van der Waals surface area contributed by atoms with Crippen molar-refractivity contribution in [2.24, 2.45) is 0 Å². The number of hydrogen-bond acceptors (Lipinski definition) is 4. The number of rotatable bonds is 6. The summed E-state index contributed by atoms with van der Waals surface area (Å²) in [6, 6.07) is 10.1. The first-order valence-electron chi connectivity index (χ1n) is 8.90. The van der Waals surface area contributed by atoms with Crippen LogP contribution in [0.25, 0.3) is 0 Å². The summed E-state index contributed by atoms with van der Waals surface area (Å²) in [6.07, 6.45) is 6.35. The lowest BCUT2D eigenvalue weighted by Gasteiger charge is -2.18. The monoisotopic (exact) mass is 338 g/mol. The Morgan fingerprint density at radius 1 is 1.24 bits per heavy atom. The fourth-order valence-corrected chi connectivity index (χ4v) is 3.23. The van der Waals surface area contributed by atoms with E-state index in [2.05, 4.69) is 48.0 Å². The SMILES string of the molecule is CCN(CC)C/C=C\C1c2cc(OC)ccc2OCc2ncccc21. The standard InChI is InChI=1S/C21H26N2O2/c1-4-23(5-2)13-7-9-17-18-8-6-12-22-20(18)15-25-21-11-10-16(24-3)14-19(17)21/h6-12,14,17H,4-5,13,15H2,1-3H3/b9-7-. The zero-order valence-electron chi connectivity index (χ0n) is 15.2. The number of likely N-dealkylation sites (N-methyl/N-ethyl adjacent to an activating group) is 1. The lowest BCUT2D eigenvalue weighted by Crippen LogP contribution is -2.22. The molecule has 0 aliphatic carbocycles. The van der Waals surface area contributed by atoms with Gasteiger partial charge in [-0.3, -0.25) is 4.98 Å². The summed E-state index contributed by atoms with van der Waals surface area (Å²) < 4.78 is 11.4. The third kappa shape index (κ3) is 3.85. The van der Waals surface area contributed by atoms with Crippen LogP contribution >= 0.6 is 0 Å². The number of benzene rings is 1. The Labute approximate surface area is 150 Å². The number of pyridine rings is 1. The molecule has 4 heteroatoms. The predicted octanol–water partition coefficient (Wildman–Crippen LogP) is 4.01. The summed E-state index contributed by atoms with van der Waals surface area (Å²) in [5.74, 6) is 1.86. The van der Waals surface area contributed by atoms with Gasteiger partial charge in [0, 0.05) is 24.2 Å². The van der Waals surface area contributed by atoms with Gasteiger partial charge in [0.25, 0.3) is 0 Å². The maximum atomic E-state index is 6.01. The summed E-state index contributed by atoms with van der Waals surface area (Å²) >= 11 is 0. The zero-order chi connectivity index (χ0) is 17.6. The molecule has 2 heterocycles. The molecule has 0 fully saturated rings. The number of aromatic nitrogens is 1. The minimum Gasteiger partial charge on any atom is -0.497 e. The Morgan fingerprint density at radius 2 is 2.08 bits per heavy atom. The number of hydrogen-bond donors (Lipinski definition) is 0. The molecule has 1 aliphatic heterocycles. The molecular weight excluding hydrogens is 312 g/mol. The van der Waals surface area contributed by atoms with E-state index in [1.807, 2.05) is 24.4 Å². The minimum absolute atomic E-state index is 0.117. The van der Waals surface area contributed by atoms with E-state index in [4.69, 9.17) is 9.47 Å². The van der Waals surface area contributed by atoms with E-state index in [0.717, 1.165) is 42.4 Å².